The van der Waals surface area contributed by atoms with Crippen LogP contribution in [0.2, 0.25) is 5.02 Å². The van der Waals surface area contributed by atoms with E-state index in [4.69, 9.17) is 23.8 Å². The highest BCUT2D eigenvalue weighted by atomic mass is 35.5. The molecule has 2 aromatic heterocycles. The van der Waals surface area contributed by atoms with Gasteiger partial charge in [-0.25, -0.2) is 4.98 Å². The average Bonchev–Trinajstić information content (AvgIpc) is 2.77. The van der Waals surface area contributed by atoms with Crippen molar-refractivity contribution in [1.29, 1.82) is 0 Å². The molecule has 4 rings (SSSR count). The molecule has 0 unspecified atom stereocenters. The summed E-state index contributed by atoms with van der Waals surface area (Å²) in [6, 6.07) is 19.4. The van der Waals surface area contributed by atoms with Crippen LogP contribution in [0.4, 0.5) is 0 Å². The molecule has 0 aliphatic carbocycles. The van der Waals surface area contributed by atoms with E-state index in [1.54, 1.807) is 42.6 Å². The maximum Gasteiger partial charge on any atom is 0.272 e. The number of pyridine rings is 2. The maximum atomic E-state index is 12.9. The van der Waals surface area contributed by atoms with E-state index in [-0.39, 0.29) is 10.2 Å². The van der Waals surface area contributed by atoms with Gasteiger partial charge in [0.2, 0.25) is 0 Å². The predicted molar refractivity (Wildman–Crippen MR) is 119 cm³/mol. The van der Waals surface area contributed by atoms with Crippen molar-refractivity contribution >= 4 is 46.5 Å². The van der Waals surface area contributed by atoms with E-state index in [0.29, 0.717) is 27.2 Å². The number of halogens is 1. The number of rotatable bonds is 3. The number of hydrazine groups is 1. The lowest BCUT2D eigenvalue weighted by Gasteiger charge is -2.11. The van der Waals surface area contributed by atoms with Gasteiger partial charge in [-0.1, -0.05) is 54.2 Å². The maximum absolute atomic E-state index is 12.9. The van der Waals surface area contributed by atoms with Crippen LogP contribution in [0.25, 0.3) is 22.2 Å². The largest absolute Gasteiger partial charge is 0.352 e. The summed E-state index contributed by atoms with van der Waals surface area (Å²) < 4.78 is 0.281. The van der Waals surface area contributed by atoms with E-state index < -0.39 is 11.8 Å². The Morgan fingerprint density at radius 1 is 0.900 bits per heavy atom. The minimum atomic E-state index is -0.513. The number of para-hydroxylation sites is 1. The molecule has 6 nitrogen and oxygen atoms in total. The fourth-order valence-corrected chi connectivity index (χ4v) is 3.34. The first-order valence-electron chi connectivity index (χ1n) is 8.97. The molecule has 4 aromatic rings. The Bertz CT molecular complexity index is 1320. The van der Waals surface area contributed by atoms with Crippen LogP contribution in [0.3, 0.4) is 0 Å². The molecule has 0 spiro atoms. The number of hydrogen-bond donors (Lipinski definition) is 3. The number of H-pyrrole nitrogens is 1. The topological polar surface area (TPSA) is 86.9 Å². The number of fused-ring (bicyclic) bond motifs is 1. The van der Waals surface area contributed by atoms with Gasteiger partial charge in [0.1, 0.15) is 4.64 Å². The Morgan fingerprint density at radius 2 is 1.60 bits per heavy atom. The van der Waals surface area contributed by atoms with Crippen molar-refractivity contribution in [3.8, 4) is 11.3 Å². The first kappa shape index (κ1) is 19.8. The summed E-state index contributed by atoms with van der Waals surface area (Å²) in [5, 5.41) is 1.28. The molecule has 0 fully saturated rings. The first-order chi connectivity index (χ1) is 14.5. The van der Waals surface area contributed by atoms with Crippen molar-refractivity contribution in [1.82, 2.24) is 20.8 Å². The van der Waals surface area contributed by atoms with Gasteiger partial charge in [0.25, 0.3) is 11.8 Å². The number of amides is 2. The summed E-state index contributed by atoms with van der Waals surface area (Å²) in [6.07, 6.45) is 1.62. The molecule has 0 bridgehead atoms. The Balaban J connectivity index is 1.66. The van der Waals surface area contributed by atoms with Crippen molar-refractivity contribution in [2.75, 3.05) is 0 Å². The van der Waals surface area contributed by atoms with Crippen molar-refractivity contribution < 1.29 is 9.59 Å². The molecule has 0 atom stereocenters. The molecule has 30 heavy (non-hydrogen) atoms. The van der Waals surface area contributed by atoms with Crippen molar-refractivity contribution in [3.05, 3.63) is 93.7 Å². The van der Waals surface area contributed by atoms with E-state index in [2.05, 4.69) is 20.8 Å². The molecule has 148 valence electrons. The number of nitrogens with one attached hydrogen (secondary N) is 3. The molecule has 0 aliphatic rings. The van der Waals surface area contributed by atoms with Crippen LogP contribution in [-0.4, -0.2) is 21.8 Å². The van der Waals surface area contributed by atoms with E-state index in [1.165, 1.54) is 0 Å². The number of aromatic amines is 1. The highest BCUT2D eigenvalue weighted by Crippen LogP contribution is 2.25. The monoisotopic (exact) mass is 434 g/mol. The van der Waals surface area contributed by atoms with E-state index >= 15 is 0 Å². The molecule has 0 radical (unpaired) electrons. The molecule has 2 amide bonds. The second-order valence-corrected chi connectivity index (χ2v) is 7.24. The van der Waals surface area contributed by atoms with Crippen LogP contribution in [0, 0.1) is 4.64 Å². The third-order valence-corrected chi connectivity index (χ3v) is 5.04. The first-order valence-corrected chi connectivity index (χ1v) is 9.75. The number of nitrogens with zero attached hydrogens (tertiary/aromatic N) is 1. The lowest BCUT2D eigenvalue weighted by atomic mass is 10.0. The van der Waals surface area contributed by atoms with Gasteiger partial charge in [-0.15, -0.1) is 0 Å². The SMILES string of the molecule is O=C(NNC(=O)c1cc(-c2ccc(Cl)cc2)nc2ccccc12)c1ccc[nH]c1=S. The van der Waals surface area contributed by atoms with Gasteiger partial charge >= 0.3 is 0 Å². The average molecular weight is 435 g/mol. The zero-order valence-corrected chi connectivity index (χ0v) is 17.1. The summed E-state index contributed by atoms with van der Waals surface area (Å²) in [5.74, 6) is -0.982. The lowest BCUT2D eigenvalue weighted by Crippen LogP contribution is -2.41. The van der Waals surface area contributed by atoms with Crippen molar-refractivity contribution in [2.24, 2.45) is 0 Å². The molecule has 8 heteroatoms. The minimum absolute atomic E-state index is 0.259. The Kier molecular flexibility index (Phi) is 5.56. The predicted octanol–water partition coefficient (Wildman–Crippen LogP) is 4.69. The fourth-order valence-electron chi connectivity index (χ4n) is 2.98. The van der Waals surface area contributed by atoms with E-state index in [1.807, 2.05) is 30.3 Å². The zero-order chi connectivity index (χ0) is 21.1. The van der Waals surface area contributed by atoms with Gasteiger partial charge in [0.15, 0.2) is 0 Å². The number of carbonyl (C=O) groups is 2. The zero-order valence-electron chi connectivity index (χ0n) is 15.5. The highest BCUT2D eigenvalue weighted by molar-refractivity contribution is 7.71. The number of hydrogen-bond acceptors (Lipinski definition) is 4. The lowest BCUT2D eigenvalue weighted by molar-refractivity contribution is 0.0847. The van der Waals surface area contributed by atoms with E-state index in [9.17, 15) is 9.59 Å². The van der Waals surface area contributed by atoms with Crippen LogP contribution < -0.4 is 10.9 Å². The van der Waals surface area contributed by atoms with Crippen LogP contribution in [-0.2, 0) is 0 Å². The summed E-state index contributed by atoms with van der Waals surface area (Å²) >= 11 is 11.1. The number of benzene rings is 2. The number of aromatic nitrogens is 2. The third kappa shape index (κ3) is 4.07. The molecular formula is C22H15ClN4O2S. The normalized spacial score (nSPS) is 10.6. The fraction of sp³-hybridized carbons (Fsp3) is 0. The van der Waals surface area contributed by atoms with Crippen LogP contribution in [0.15, 0.2) is 72.9 Å². The van der Waals surface area contributed by atoms with Gasteiger partial charge in [0, 0.05) is 22.2 Å². The Morgan fingerprint density at radius 3 is 2.33 bits per heavy atom. The van der Waals surface area contributed by atoms with Crippen molar-refractivity contribution in [2.45, 2.75) is 0 Å². The second-order valence-electron chi connectivity index (χ2n) is 6.40. The van der Waals surface area contributed by atoms with Crippen LogP contribution in [0.5, 0.6) is 0 Å². The molecule has 0 saturated heterocycles. The Labute approximate surface area is 181 Å². The highest BCUT2D eigenvalue weighted by Gasteiger charge is 2.15. The number of carbonyl (C=O) groups excluding carboxylic acids is 2. The van der Waals surface area contributed by atoms with Crippen molar-refractivity contribution in [3.63, 3.8) is 0 Å². The molecule has 3 N–H and O–H groups in total. The second kappa shape index (κ2) is 8.44. The van der Waals surface area contributed by atoms with Gasteiger partial charge in [0.05, 0.1) is 22.3 Å². The standard InChI is InChI=1S/C22H15ClN4O2S/c23-14-9-7-13(8-10-14)19-12-17(15-4-1-2-6-18(15)25-19)21(29)27-26-20(28)16-5-3-11-24-22(16)30/h1-12H,(H,24,30)(H,26,28)(H,27,29). The summed E-state index contributed by atoms with van der Waals surface area (Å²) in [4.78, 5) is 32.7. The smallest absolute Gasteiger partial charge is 0.272 e. The van der Waals surface area contributed by atoms with Crippen LogP contribution in [0.1, 0.15) is 20.7 Å². The summed E-state index contributed by atoms with van der Waals surface area (Å²) in [6.45, 7) is 0. The summed E-state index contributed by atoms with van der Waals surface area (Å²) in [5.41, 5.74) is 7.60. The minimum Gasteiger partial charge on any atom is -0.352 e. The molecule has 0 aliphatic heterocycles. The molecular weight excluding hydrogens is 420 g/mol. The van der Waals surface area contributed by atoms with Gasteiger partial charge in [-0.3, -0.25) is 20.4 Å². The van der Waals surface area contributed by atoms with Crippen LogP contribution >= 0.6 is 23.8 Å². The molecule has 2 aromatic carbocycles. The molecule has 0 saturated carbocycles. The summed E-state index contributed by atoms with van der Waals surface area (Å²) in [7, 11) is 0. The Hall–Kier alpha value is -3.55. The van der Waals surface area contributed by atoms with Gasteiger partial charge in [-0.2, -0.15) is 0 Å². The van der Waals surface area contributed by atoms with E-state index in [0.717, 1.165) is 5.56 Å². The van der Waals surface area contributed by atoms with Gasteiger partial charge < -0.3 is 4.98 Å². The third-order valence-electron chi connectivity index (χ3n) is 4.45. The quantitative estimate of drug-likeness (QED) is 0.322. The molecule has 2 heterocycles. The van der Waals surface area contributed by atoms with Gasteiger partial charge in [-0.05, 0) is 36.4 Å².